The van der Waals surface area contributed by atoms with Crippen LogP contribution in [0.1, 0.15) is 25.0 Å². The number of hydrogen-bond donors (Lipinski definition) is 6. The molecule has 1 aromatic rings. The van der Waals surface area contributed by atoms with Crippen molar-refractivity contribution in [1.29, 1.82) is 5.41 Å². The molecule has 0 aliphatic carbocycles. The van der Waals surface area contributed by atoms with E-state index in [1.165, 1.54) is 0 Å². The predicted molar refractivity (Wildman–Crippen MR) is 126 cm³/mol. The maximum Gasteiger partial charge on any atom is 0.407 e. The molecule has 0 saturated carbocycles. The molecule has 0 bridgehead atoms. The SMILES string of the molecule is COC(=O)N[C@H](C(=O)NC[C@@H](O)CNCc1c(F)cc(C(=N)/C=C\NCC(F)F)cc1F)C(C)(C)C(F)(F)F. The summed E-state index contributed by atoms with van der Waals surface area (Å²) in [6.07, 6.45) is -8.11. The minimum Gasteiger partial charge on any atom is -0.453 e. The zero-order chi connectivity index (χ0) is 30.0. The van der Waals surface area contributed by atoms with Crippen LogP contribution in [0, 0.1) is 22.5 Å². The molecule has 0 radical (unpaired) electrons. The highest BCUT2D eigenvalue weighted by Gasteiger charge is 2.55. The number of aliphatic hydroxyl groups excluding tert-OH is 1. The third-order valence-electron chi connectivity index (χ3n) is 5.45. The van der Waals surface area contributed by atoms with Gasteiger partial charge in [0.1, 0.15) is 17.7 Å². The van der Waals surface area contributed by atoms with Crippen molar-refractivity contribution in [2.45, 2.75) is 45.1 Å². The first-order chi connectivity index (χ1) is 18.0. The fourth-order valence-electron chi connectivity index (χ4n) is 2.99. The molecule has 0 fully saturated rings. The molecule has 0 spiro atoms. The van der Waals surface area contributed by atoms with Crippen LogP contribution in [0.25, 0.3) is 0 Å². The van der Waals surface area contributed by atoms with Crippen molar-refractivity contribution in [1.82, 2.24) is 21.3 Å². The third kappa shape index (κ3) is 10.4. The number of methoxy groups -OCH3 is 1. The minimum absolute atomic E-state index is 0.163. The van der Waals surface area contributed by atoms with Gasteiger partial charge in [0.05, 0.1) is 30.9 Å². The lowest BCUT2D eigenvalue weighted by molar-refractivity contribution is -0.220. The van der Waals surface area contributed by atoms with E-state index in [2.05, 4.69) is 20.7 Å². The number of aliphatic hydroxyl groups is 1. The zero-order valence-corrected chi connectivity index (χ0v) is 21.2. The summed E-state index contributed by atoms with van der Waals surface area (Å²) in [5.41, 5.74) is -3.67. The number of allylic oxidation sites excluding steroid dienone is 1. The number of alkyl carbamates (subject to hydrolysis) is 1. The van der Waals surface area contributed by atoms with Crippen LogP contribution in [-0.2, 0) is 16.1 Å². The van der Waals surface area contributed by atoms with Crippen LogP contribution < -0.4 is 21.3 Å². The molecule has 0 aliphatic rings. The molecular formula is C23H30F7N5O4. The van der Waals surface area contributed by atoms with E-state index in [0.717, 1.165) is 31.5 Å². The lowest BCUT2D eigenvalue weighted by Crippen LogP contribution is -2.60. The number of amides is 2. The Morgan fingerprint density at radius 3 is 2.21 bits per heavy atom. The average molecular weight is 574 g/mol. The van der Waals surface area contributed by atoms with Crippen LogP contribution in [0.4, 0.5) is 35.5 Å². The fourth-order valence-corrected chi connectivity index (χ4v) is 2.99. The van der Waals surface area contributed by atoms with E-state index >= 15 is 0 Å². The van der Waals surface area contributed by atoms with Gasteiger partial charge in [-0.3, -0.25) is 4.79 Å². The van der Waals surface area contributed by atoms with Crippen LogP contribution in [0.15, 0.2) is 24.4 Å². The van der Waals surface area contributed by atoms with Crippen molar-refractivity contribution in [3.8, 4) is 0 Å². The Morgan fingerprint density at radius 1 is 1.10 bits per heavy atom. The molecule has 39 heavy (non-hydrogen) atoms. The molecule has 9 nitrogen and oxygen atoms in total. The van der Waals surface area contributed by atoms with Gasteiger partial charge in [-0.1, -0.05) is 0 Å². The summed E-state index contributed by atoms with van der Waals surface area (Å²) in [5, 5.41) is 26.5. The molecule has 2 amide bonds. The molecule has 1 aromatic carbocycles. The Bertz CT molecular complexity index is 1010. The van der Waals surface area contributed by atoms with E-state index < -0.39 is 79.0 Å². The Morgan fingerprint density at radius 2 is 1.69 bits per heavy atom. The van der Waals surface area contributed by atoms with Crippen molar-refractivity contribution in [2.75, 3.05) is 26.7 Å². The summed E-state index contributed by atoms with van der Waals surface area (Å²) >= 11 is 0. The normalized spacial score (nSPS) is 13.7. The molecule has 0 unspecified atom stereocenters. The van der Waals surface area contributed by atoms with E-state index in [1.54, 1.807) is 0 Å². The summed E-state index contributed by atoms with van der Waals surface area (Å²) in [6.45, 7) is -0.610. The Balaban J connectivity index is 2.71. The maximum absolute atomic E-state index is 14.4. The number of nitrogens with one attached hydrogen (secondary N) is 5. The lowest BCUT2D eigenvalue weighted by Gasteiger charge is -2.35. The maximum atomic E-state index is 14.4. The lowest BCUT2D eigenvalue weighted by atomic mass is 9.83. The van der Waals surface area contributed by atoms with Crippen molar-refractivity contribution in [3.05, 3.63) is 47.2 Å². The van der Waals surface area contributed by atoms with Crippen molar-refractivity contribution >= 4 is 17.7 Å². The van der Waals surface area contributed by atoms with Gasteiger partial charge in [0.25, 0.3) is 6.43 Å². The van der Waals surface area contributed by atoms with Crippen molar-refractivity contribution < 1.29 is 50.2 Å². The quantitative estimate of drug-likeness (QED) is 0.150. The van der Waals surface area contributed by atoms with Gasteiger partial charge in [0, 0.05) is 30.8 Å². The number of halogens is 7. The Hall–Kier alpha value is -3.40. The first kappa shape index (κ1) is 33.6. The van der Waals surface area contributed by atoms with E-state index in [-0.39, 0.29) is 17.8 Å². The zero-order valence-electron chi connectivity index (χ0n) is 21.2. The van der Waals surface area contributed by atoms with Gasteiger partial charge >= 0.3 is 12.3 Å². The summed E-state index contributed by atoms with van der Waals surface area (Å²) in [5.74, 6) is -3.33. The number of benzene rings is 1. The second-order valence-corrected chi connectivity index (χ2v) is 8.78. The highest BCUT2D eigenvalue weighted by molar-refractivity contribution is 6.06. The number of carbonyl (C=O) groups is 2. The summed E-state index contributed by atoms with van der Waals surface area (Å²) in [6, 6.07) is -0.388. The largest absolute Gasteiger partial charge is 0.453 e. The van der Waals surface area contributed by atoms with Gasteiger partial charge in [-0.05, 0) is 38.3 Å². The number of ether oxygens (including phenoxy) is 1. The molecule has 0 aliphatic heterocycles. The van der Waals surface area contributed by atoms with Crippen LogP contribution >= 0.6 is 0 Å². The first-order valence-corrected chi connectivity index (χ1v) is 11.3. The Labute approximate surface area is 219 Å². The van der Waals surface area contributed by atoms with Crippen LogP contribution in [-0.4, -0.2) is 74.3 Å². The van der Waals surface area contributed by atoms with Crippen molar-refractivity contribution in [3.63, 3.8) is 0 Å². The van der Waals surface area contributed by atoms with Gasteiger partial charge in [0.2, 0.25) is 5.91 Å². The summed E-state index contributed by atoms with van der Waals surface area (Å²) in [4.78, 5) is 23.9. The van der Waals surface area contributed by atoms with Gasteiger partial charge in [-0.15, -0.1) is 0 Å². The number of alkyl halides is 5. The predicted octanol–water partition coefficient (Wildman–Crippen LogP) is 2.58. The molecule has 0 heterocycles. The summed E-state index contributed by atoms with van der Waals surface area (Å²) < 4.78 is 97.5. The van der Waals surface area contributed by atoms with E-state index in [9.17, 15) is 45.4 Å². The topological polar surface area (TPSA) is 136 Å². The van der Waals surface area contributed by atoms with Gasteiger partial charge < -0.3 is 36.5 Å². The van der Waals surface area contributed by atoms with E-state index in [1.807, 2.05) is 5.32 Å². The van der Waals surface area contributed by atoms with Gasteiger partial charge in [-0.2, -0.15) is 13.2 Å². The standard InChI is InChI=1S/C23H30F7N5O4/c1-22(2,23(28,29)30)19(35-21(38)39-3)20(37)34-9-13(36)8-33-10-14-15(24)6-12(7-16(14)25)17(31)4-5-32-11-18(26)27/h4-7,13,18-19,31-33,36H,8-11H2,1-3H3,(H,34,37)(H,35,38)/b5-4-,31-17?/t13-,19+/m0/s1. The highest BCUT2D eigenvalue weighted by atomic mass is 19.4. The minimum atomic E-state index is -4.89. The number of rotatable bonds is 14. The molecule has 0 aromatic heterocycles. The fraction of sp³-hybridized carbons (Fsp3) is 0.522. The average Bonchev–Trinajstić information content (AvgIpc) is 2.83. The molecule has 2 atom stereocenters. The highest BCUT2D eigenvalue weighted by Crippen LogP contribution is 2.40. The molecular weight excluding hydrogens is 543 g/mol. The number of carbonyl (C=O) groups excluding carboxylic acids is 2. The smallest absolute Gasteiger partial charge is 0.407 e. The van der Waals surface area contributed by atoms with E-state index in [0.29, 0.717) is 13.8 Å². The molecule has 0 saturated heterocycles. The van der Waals surface area contributed by atoms with Gasteiger partial charge in [0.15, 0.2) is 0 Å². The number of hydrogen-bond acceptors (Lipinski definition) is 7. The molecule has 16 heteroatoms. The summed E-state index contributed by atoms with van der Waals surface area (Å²) in [7, 11) is 0.901. The van der Waals surface area contributed by atoms with Crippen LogP contribution in [0.3, 0.4) is 0 Å². The first-order valence-electron chi connectivity index (χ1n) is 11.3. The molecule has 1 rings (SSSR count). The van der Waals surface area contributed by atoms with Crippen LogP contribution in [0.2, 0.25) is 0 Å². The second-order valence-electron chi connectivity index (χ2n) is 8.78. The molecule has 220 valence electrons. The molecule has 6 N–H and O–H groups in total. The second kappa shape index (κ2) is 14.7. The monoisotopic (exact) mass is 573 g/mol. The Kier molecular flexibility index (Phi) is 12.7. The third-order valence-corrected chi connectivity index (χ3v) is 5.45. The van der Waals surface area contributed by atoms with Crippen LogP contribution in [0.5, 0.6) is 0 Å². The van der Waals surface area contributed by atoms with Crippen molar-refractivity contribution in [2.24, 2.45) is 5.41 Å². The van der Waals surface area contributed by atoms with E-state index in [4.69, 9.17) is 5.41 Å². The van der Waals surface area contributed by atoms with Gasteiger partial charge in [-0.25, -0.2) is 22.4 Å².